The molecule has 10 aromatic rings. The third-order valence-corrected chi connectivity index (χ3v) is 9.86. The van der Waals surface area contributed by atoms with Crippen LogP contribution in [-0.2, 0) is 0 Å². The van der Waals surface area contributed by atoms with Crippen LogP contribution in [0.5, 0.6) is 0 Å². The van der Waals surface area contributed by atoms with Gasteiger partial charge in [0, 0.05) is 48.2 Å². The Hall–Kier alpha value is -5.58. The average Bonchev–Trinajstić information content (AvgIpc) is 3.75. The van der Waals surface area contributed by atoms with E-state index in [9.17, 15) is 0 Å². The lowest BCUT2D eigenvalue weighted by molar-refractivity contribution is 0.669. The van der Waals surface area contributed by atoms with Gasteiger partial charge in [-0.05, 0) is 83.9 Å². The molecule has 0 unspecified atom stereocenters. The minimum absolute atomic E-state index is 0.889. The molecule has 0 N–H and O–H groups in total. The molecular weight excluding hydrogens is 628 g/mol. The second kappa shape index (κ2) is 9.71. The number of nitrogens with zero attached hydrogens (tertiary/aromatic N) is 2. The van der Waals surface area contributed by atoms with Crippen molar-refractivity contribution in [2.45, 2.75) is 0 Å². The molecule has 0 atom stereocenters. The molecule has 0 aliphatic rings. The molecule has 7 aromatic carbocycles. The van der Waals surface area contributed by atoms with Crippen molar-refractivity contribution in [3.63, 3.8) is 0 Å². The summed E-state index contributed by atoms with van der Waals surface area (Å²) < 4.78 is 12.0. The number of halogens is 1. The molecule has 0 saturated carbocycles. The molecule has 3 aromatic heterocycles. The topological polar surface area (TPSA) is 23.0 Å². The van der Waals surface area contributed by atoms with Crippen LogP contribution in [0.2, 0.25) is 0 Å². The minimum atomic E-state index is 0.889. The van der Waals surface area contributed by atoms with E-state index in [0.717, 1.165) is 37.8 Å². The summed E-state index contributed by atoms with van der Waals surface area (Å²) in [5.74, 6) is 0. The molecule has 46 heavy (non-hydrogen) atoms. The van der Waals surface area contributed by atoms with Crippen molar-refractivity contribution in [2.75, 3.05) is 0 Å². The smallest absolute Gasteiger partial charge is 0.135 e. The highest BCUT2D eigenvalue weighted by molar-refractivity contribution is 9.10. The quantitative estimate of drug-likeness (QED) is 0.186. The second-order valence-electron chi connectivity index (χ2n) is 11.9. The number of furan rings is 1. The normalized spacial score (nSPS) is 12.0. The van der Waals surface area contributed by atoms with Gasteiger partial charge in [-0.3, -0.25) is 0 Å². The van der Waals surface area contributed by atoms with Gasteiger partial charge in [0.1, 0.15) is 11.2 Å². The first-order valence-corrected chi connectivity index (χ1v) is 16.2. The largest absolute Gasteiger partial charge is 0.456 e. The molecule has 0 aliphatic heterocycles. The van der Waals surface area contributed by atoms with E-state index in [0.29, 0.717) is 0 Å². The van der Waals surface area contributed by atoms with Crippen LogP contribution in [0.25, 0.3) is 88.1 Å². The maximum atomic E-state index is 6.20. The van der Waals surface area contributed by atoms with E-state index in [-0.39, 0.29) is 0 Å². The predicted molar refractivity (Wildman–Crippen MR) is 196 cm³/mol. The van der Waals surface area contributed by atoms with Crippen molar-refractivity contribution in [2.24, 2.45) is 0 Å². The average molecular weight is 654 g/mol. The van der Waals surface area contributed by atoms with E-state index >= 15 is 0 Å². The van der Waals surface area contributed by atoms with Gasteiger partial charge in [-0.2, -0.15) is 0 Å². The van der Waals surface area contributed by atoms with Crippen molar-refractivity contribution in [1.82, 2.24) is 9.13 Å². The van der Waals surface area contributed by atoms with E-state index in [1.165, 1.54) is 54.7 Å². The molecule has 0 radical (unpaired) electrons. The van der Waals surface area contributed by atoms with Crippen LogP contribution in [-0.4, -0.2) is 9.13 Å². The lowest BCUT2D eigenvalue weighted by Crippen LogP contribution is -1.94. The molecule has 10 rings (SSSR count). The highest BCUT2D eigenvalue weighted by atomic mass is 79.9. The molecule has 0 spiro atoms. The number of hydrogen-bond donors (Lipinski definition) is 0. The van der Waals surface area contributed by atoms with E-state index in [2.05, 4.69) is 165 Å². The molecule has 3 heterocycles. The zero-order valence-corrected chi connectivity index (χ0v) is 26.2. The third kappa shape index (κ3) is 3.71. The van der Waals surface area contributed by atoms with E-state index in [1.54, 1.807) is 0 Å². The first-order chi connectivity index (χ1) is 22.7. The molecule has 0 aliphatic carbocycles. The maximum Gasteiger partial charge on any atom is 0.135 e. The molecule has 4 heteroatoms. The SMILES string of the molecule is Brc1ccc2oc3ccc(-n4c5ccccc5c5ccc(-c6ccc7c8ccccc8n(-c8ccccc8)c7c6)cc54)cc3c2c1. The second-order valence-corrected chi connectivity index (χ2v) is 12.8. The van der Waals surface area contributed by atoms with Crippen molar-refractivity contribution in [3.05, 3.63) is 156 Å². The fourth-order valence-corrected chi connectivity index (χ4v) is 7.67. The van der Waals surface area contributed by atoms with Gasteiger partial charge in [0.2, 0.25) is 0 Å². The van der Waals surface area contributed by atoms with Crippen molar-refractivity contribution < 1.29 is 4.42 Å². The predicted octanol–water partition coefficient (Wildman–Crippen LogP) is 12.2. The third-order valence-electron chi connectivity index (χ3n) is 9.37. The van der Waals surface area contributed by atoms with Crippen molar-refractivity contribution in [3.8, 4) is 22.5 Å². The van der Waals surface area contributed by atoms with Crippen LogP contribution in [0.4, 0.5) is 0 Å². The van der Waals surface area contributed by atoms with Crippen molar-refractivity contribution >= 4 is 81.5 Å². The first kappa shape index (κ1) is 25.7. The Kier molecular flexibility index (Phi) is 5.43. The Morgan fingerprint density at radius 1 is 0.370 bits per heavy atom. The Morgan fingerprint density at radius 3 is 1.54 bits per heavy atom. The van der Waals surface area contributed by atoms with Crippen molar-refractivity contribution in [1.29, 1.82) is 0 Å². The zero-order valence-electron chi connectivity index (χ0n) is 24.6. The van der Waals surface area contributed by atoms with E-state index < -0.39 is 0 Å². The highest BCUT2D eigenvalue weighted by Crippen LogP contribution is 2.39. The summed E-state index contributed by atoms with van der Waals surface area (Å²) in [4.78, 5) is 0. The van der Waals surface area contributed by atoms with Gasteiger partial charge in [0.15, 0.2) is 0 Å². The van der Waals surface area contributed by atoms with E-state index in [4.69, 9.17) is 4.42 Å². The summed E-state index contributed by atoms with van der Waals surface area (Å²) in [6.45, 7) is 0. The fraction of sp³-hybridized carbons (Fsp3) is 0. The highest BCUT2D eigenvalue weighted by Gasteiger charge is 2.17. The van der Waals surface area contributed by atoms with Crippen LogP contribution in [0.3, 0.4) is 0 Å². The summed E-state index contributed by atoms with van der Waals surface area (Å²) in [6.07, 6.45) is 0. The Labute approximate surface area is 272 Å². The maximum absolute atomic E-state index is 6.20. The van der Waals surface area contributed by atoms with Crippen LogP contribution < -0.4 is 0 Å². The van der Waals surface area contributed by atoms with Gasteiger partial charge in [0.25, 0.3) is 0 Å². The fourth-order valence-electron chi connectivity index (χ4n) is 7.31. The molecule has 3 nitrogen and oxygen atoms in total. The Morgan fingerprint density at radius 2 is 0.891 bits per heavy atom. The minimum Gasteiger partial charge on any atom is -0.456 e. The summed E-state index contributed by atoms with van der Waals surface area (Å²) in [7, 11) is 0. The Bertz CT molecular complexity index is 2820. The van der Waals surface area contributed by atoms with Crippen LogP contribution >= 0.6 is 15.9 Å². The number of aromatic nitrogens is 2. The summed E-state index contributed by atoms with van der Waals surface area (Å²) in [5, 5.41) is 7.20. The standard InChI is InChI=1S/C42H25BrN2O/c43-28-16-20-41-35(24-28)36-25-30(17-21-42(36)46-41)45-38-13-7-5-11-32(38)34-19-15-27(23-40(34)45)26-14-18-33-31-10-4-6-12-37(31)44(39(33)22-26)29-8-2-1-3-9-29/h1-25H. The summed E-state index contributed by atoms with van der Waals surface area (Å²) in [6, 6.07) is 54.5. The van der Waals surface area contributed by atoms with Gasteiger partial charge in [0.05, 0.1) is 22.1 Å². The molecule has 0 saturated heterocycles. The monoisotopic (exact) mass is 652 g/mol. The van der Waals surface area contributed by atoms with Gasteiger partial charge in [-0.15, -0.1) is 0 Å². The Balaban J connectivity index is 1.22. The zero-order chi connectivity index (χ0) is 30.4. The van der Waals surface area contributed by atoms with Gasteiger partial charge in [-0.1, -0.05) is 94.8 Å². The lowest BCUT2D eigenvalue weighted by atomic mass is 10.0. The van der Waals surface area contributed by atoms with E-state index in [1.807, 2.05) is 12.1 Å². The molecular formula is C42H25BrN2O. The number of rotatable bonds is 3. The van der Waals surface area contributed by atoms with Crippen LogP contribution in [0.15, 0.2) is 161 Å². The summed E-state index contributed by atoms with van der Waals surface area (Å²) >= 11 is 3.65. The lowest BCUT2D eigenvalue weighted by Gasteiger charge is -2.11. The number of benzene rings is 7. The molecule has 0 bridgehead atoms. The number of fused-ring (bicyclic) bond motifs is 9. The van der Waals surface area contributed by atoms with Crippen LogP contribution in [0, 0.1) is 0 Å². The molecule has 0 fully saturated rings. The number of para-hydroxylation sites is 3. The van der Waals surface area contributed by atoms with Crippen LogP contribution in [0.1, 0.15) is 0 Å². The first-order valence-electron chi connectivity index (χ1n) is 15.5. The molecule has 216 valence electrons. The number of hydrogen-bond acceptors (Lipinski definition) is 1. The van der Waals surface area contributed by atoms with Gasteiger partial charge >= 0.3 is 0 Å². The molecule has 0 amide bonds. The van der Waals surface area contributed by atoms with Gasteiger partial charge in [-0.25, -0.2) is 0 Å². The summed E-state index contributed by atoms with van der Waals surface area (Å²) in [5.41, 5.74) is 11.2. The van der Waals surface area contributed by atoms with Gasteiger partial charge < -0.3 is 13.6 Å².